The van der Waals surface area contributed by atoms with Gasteiger partial charge in [0.05, 0.1) is 23.1 Å². The summed E-state index contributed by atoms with van der Waals surface area (Å²) < 4.78 is 2.73. The number of nitrogens with one attached hydrogen (secondary N) is 2. The zero-order chi connectivity index (χ0) is 16.5. The first-order valence-corrected chi connectivity index (χ1v) is 8.63. The molecule has 1 aliphatic heterocycles. The van der Waals surface area contributed by atoms with Gasteiger partial charge in [0, 0.05) is 23.3 Å². The Morgan fingerprint density at radius 1 is 1.45 bits per heavy atom. The number of hydrogen-bond donors (Lipinski definition) is 2. The van der Waals surface area contributed by atoms with Crippen molar-refractivity contribution in [3.05, 3.63) is 16.9 Å². The van der Waals surface area contributed by atoms with Crippen molar-refractivity contribution in [3.63, 3.8) is 0 Å². The summed E-state index contributed by atoms with van der Waals surface area (Å²) in [5.41, 5.74) is 0.0750. The summed E-state index contributed by atoms with van der Waals surface area (Å²) in [6.45, 7) is 11.3. The molecule has 22 heavy (non-hydrogen) atoms. The fourth-order valence-corrected chi connectivity index (χ4v) is 3.90. The Morgan fingerprint density at radius 3 is 2.55 bits per heavy atom. The second-order valence-electron chi connectivity index (χ2n) is 7.79. The van der Waals surface area contributed by atoms with E-state index in [9.17, 15) is 4.79 Å². The molecule has 1 aromatic heterocycles. The lowest BCUT2D eigenvalue weighted by Crippen LogP contribution is -2.62. The van der Waals surface area contributed by atoms with E-state index in [1.54, 1.807) is 10.9 Å². The van der Waals surface area contributed by atoms with Gasteiger partial charge in [0.25, 0.3) is 0 Å². The summed E-state index contributed by atoms with van der Waals surface area (Å²) in [4.78, 5) is 12.5. The molecule has 1 amide bonds. The van der Waals surface area contributed by atoms with Gasteiger partial charge in [-0.25, -0.2) is 0 Å². The summed E-state index contributed by atoms with van der Waals surface area (Å²) in [5, 5.41) is 11.1. The minimum absolute atomic E-state index is 0.0375. The molecule has 1 fully saturated rings. The SMILES string of the molecule is C[C@H](Cn1cc(Br)cn1)C(=O)NC1CC(C)(C)NC(C)(C)C1. The van der Waals surface area contributed by atoms with Gasteiger partial charge in [0.2, 0.25) is 5.91 Å². The Morgan fingerprint density at radius 2 is 2.05 bits per heavy atom. The summed E-state index contributed by atoms with van der Waals surface area (Å²) in [6.07, 6.45) is 5.52. The van der Waals surface area contributed by atoms with Gasteiger partial charge in [-0.05, 0) is 56.5 Å². The predicted octanol–water partition coefficient (Wildman–Crippen LogP) is 2.71. The topological polar surface area (TPSA) is 59.0 Å². The Hall–Kier alpha value is -0.880. The fraction of sp³-hybridized carbons (Fsp3) is 0.750. The van der Waals surface area contributed by atoms with Crippen LogP contribution in [0.3, 0.4) is 0 Å². The summed E-state index contributed by atoms with van der Waals surface area (Å²) in [7, 11) is 0. The number of amides is 1. The average Bonchev–Trinajstić information content (AvgIpc) is 2.70. The van der Waals surface area contributed by atoms with Crippen molar-refractivity contribution in [3.8, 4) is 0 Å². The zero-order valence-corrected chi connectivity index (χ0v) is 15.7. The Balaban J connectivity index is 1.93. The molecule has 0 spiro atoms. The number of piperidine rings is 1. The molecule has 124 valence electrons. The molecule has 2 rings (SSSR count). The van der Waals surface area contributed by atoms with Crippen LogP contribution >= 0.6 is 15.9 Å². The number of carbonyl (C=O) groups is 1. The number of rotatable bonds is 4. The maximum Gasteiger partial charge on any atom is 0.224 e. The average molecular weight is 371 g/mol. The van der Waals surface area contributed by atoms with Crippen LogP contribution in [0.4, 0.5) is 0 Å². The van der Waals surface area contributed by atoms with Crippen molar-refractivity contribution in [1.82, 2.24) is 20.4 Å². The van der Waals surface area contributed by atoms with Crippen LogP contribution in [-0.4, -0.2) is 32.8 Å². The van der Waals surface area contributed by atoms with Crippen LogP contribution in [0, 0.1) is 5.92 Å². The smallest absolute Gasteiger partial charge is 0.224 e. The molecule has 1 atom stereocenters. The summed E-state index contributed by atoms with van der Waals surface area (Å²) in [5.74, 6) is -0.00182. The Labute approximate surface area is 141 Å². The molecule has 6 heteroatoms. The molecular formula is C16H27BrN4O. The van der Waals surface area contributed by atoms with Gasteiger partial charge in [-0.15, -0.1) is 0 Å². The predicted molar refractivity (Wildman–Crippen MR) is 91.5 cm³/mol. The van der Waals surface area contributed by atoms with E-state index in [1.165, 1.54) is 0 Å². The van der Waals surface area contributed by atoms with Gasteiger partial charge in [0.1, 0.15) is 0 Å². The fourth-order valence-electron chi connectivity index (χ4n) is 3.57. The third-order valence-corrected chi connectivity index (χ3v) is 4.46. The van der Waals surface area contributed by atoms with Gasteiger partial charge in [0.15, 0.2) is 0 Å². The normalized spacial score (nSPS) is 22.3. The largest absolute Gasteiger partial charge is 0.353 e. The third-order valence-electron chi connectivity index (χ3n) is 4.05. The van der Waals surface area contributed by atoms with Crippen molar-refractivity contribution < 1.29 is 4.79 Å². The highest BCUT2D eigenvalue weighted by Crippen LogP contribution is 2.28. The van der Waals surface area contributed by atoms with Gasteiger partial charge in [-0.3, -0.25) is 9.48 Å². The molecule has 1 saturated heterocycles. The molecular weight excluding hydrogens is 344 g/mol. The number of halogens is 1. The first-order valence-electron chi connectivity index (χ1n) is 7.84. The molecule has 0 aliphatic carbocycles. The second-order valence-corrected chi connectivity index (χ2v) is 8.70. The highest BCUT2D eigenvalue weighted by atomic mass is 79.9. The van der Waals surface area contributed by atoms with Crippen molar-refractivity contribution >= 4 is 21.8 Å². The minimum atomic E-state index is -0.104. The van der Waals surface area contributed by atoms with E-state index < -0.39 is 0 Å². The van der Waals surface area contributed by atoms with Crippen LogP contribution in [0.5, 0.6) is 0 Å². The molecule has 0 saturated carbocycles. The van der Waals surface area contributed by atoms with Crippen molar-refractivity contribution in [1.29, 1.82) is 0 Å². The molecule has 5 nitrogen and oxygen atoms in total. The van der Waals surface area contributed by atoms with E-state index >= 15 is 0 Å². The van der Waals surface area contributed by atoms with Crippen LogP contribution in [0.25, 0.3) is 0 Å². The molecule has 0 unspecified atom stereocenters. The standard InChI is InChI=1S/C16H27BrN4O/c1-11(9-21-10-12(17)8-18-21)14(22)19-13-6-15(2,3)20-16(4,5)7-13/h8,10-11,13,20H,6-7,9H2,1-5H3,(H,19,22)/t11-/m1/s1. The highest BCUT2D eigenvalue weighted by molar-refractivity contribution is 9.10. The van der Waals surface area contributed by atoms with E-state index in [2.05, 4.69) is 59.4 Å². The van der Waals surface area contributed by atoms with Crippen molar-refractivity contribution in [2.75, 3.05) is 0 Å². The molecule has 0 radical (unpaired) electrons. The highest BCUT2D eigenvalue weighted by Gasteiger charge is 2.38. The lowest BCUT2D eigenvalue weighted by Gasteiger charge is -2.46. The van der Waals surface area contributed by atoms with Crippen LogP contribution in [0.15, 0.2) is 16.9 Å². The van der Waals surface area contributed by atoms with E-state index in [0.717, 1.165) is 17.3 Å². The van der Waals surface area contributed by atoms with Crippen molar-refractivity contribution in [2.45, 2.75) is 71.1 Å². The molecule has 2 N–H and O–H groups in total. The number of carbonyl (C=O) groups excluding carboxylic acids is 1. The molecule has 0 bridgehead atoms. The molecule has 0 aromatic carbocycles. The van der Waals surface area contributed by atoms with Crippen LogP contribution in [-0.2, 0) is 11.3 Å². The maximum absolute atomic E-state index is 12.5. The lowest BCUT2D eigenvalue weighted by molar-refractivity contribution is -0.126. The van der Waals surface area contributed by atoms with Crippen LogP contribution < -0.4 is 10.6 Å². The van der Waals surface area contributed by atoms with Gasteiger partial charge >= 0.3 is 0 Å². The Kier molecular flexibility index (Phi) is 5.02. The van der Waals surface area contributed by atoms with Gasteiger partial charge in [-0.2, -0.15) is 5.10 Å². The Bertz CT molecular complexity index is 522. The number of hydrogen-bond acceptors (Lipinski definition) is 3. The lowest BCUT2D eigenvalue weighted by atomic mass is 9.79. The molecule has 1 aromatic rings. The quantitative estimate of drug-likeness (QED) is 0.856. The summed E-state index contributed by atoms with van der Waals surface area (Å²) >= 11 is 3.37. The van der Waals surface area contributed by atoms with E-state index in [0.29, 0.717) is 6.54 Å². The van der Waals surface area contributed by atoms with Crippen LogP contribution in [0.1, 0.15) is 47.5 Å². The zero-order valence-electron chi connectivity index (χ0n) is 14.1. The minimum Gasteiger partial charge on any atom is -0.353 e. The van der Waals surface area contributed by atoms with Gasteiger partial charge in [-0.1, -0.05) is 6.92 Å². The number of nitrogens with zero attached hydrogens (tertiary/aromatic N) is 2. The molecule has 1 aliphatic rings. The first-order chi connectivity index (χ1) is 10.1. The van der Waals surface area contributed by atoms with Crippen molar-refractivity contribution in [2.24, 2.45) is 5.92 Å². The summed E-state index contributed by atoms with van der Waals surface area (Å²) in [6, 6.07) is 0.213. The third kappa shape index (κ3) is 4.81. The molecule has 2 heterocycles. The van der Waals surface area contributed by atoms with E-state index in [4.69, 9.17) is 0 Å². The number of aromatic nitrogens is 2. The van der Waals surface area contributed by atoms with E-state index in [1.807, 2.05) is 13.1 Å². The first kappa shape index (κ1) is 17.5. The maximum atomic E-state index is 12.5. The van der Waals surface area contributed by atoms with Gasteiger partial charge < -0.3 is 10.6 Å². The van der Waals surface area contributed by atoms with E-state index in [-0.39, 0.29) is 28.9 Å². The second kappa shape index (κ2) is 6.32. The van der Waals surface area contributed by atoms with Crippen LogP contribution in [0.2, 0.25) is 0 Å². The monoisotopic (exact) mass is 370 g/mol.